The van der Waals surface area contributed by atoms with Crippen LogP contribution in [0.2, 0.25) is 0 Å². The summed E-state index contributed by atoms with van der Waals surface area (Å²) in [4.78, 5) is 15.7. The molecule has 0 aromatic carbocycles. The molecule has 1 aromatic heterocycles. The molecule has 0 spiro atoms. The van der Waals surface area contributed by atoms with Crippen LogP contribution >= 0.6 is 23.1 Å². The molecule has 0 bridgehead atoms. The summed E-state index contributed by atoms with van der Waals surface area (Å²) in [6.07, 6.45) is 5.03. The van der Waals surface area contributed by atoms with Crippen LogP contribution in [0.25, 0.3) is 0 Å². The molecule has 0 amide bonds. The van der Waals surface area contributed by atoms with Gasteiger partial charge in [0.2, 0.25) is 0 Å². The first-order valence-corrected chi connectivity index (χ1v) is 7.63. The molecule has 1 N–H and O–H groups in total. The number of aromatic carboxylic acids is 1. The van der Waals surface area contributed by atoms with Gasteiger partial charge in [-0.3, -0.25) is 0 Å². The molecule has 0 atom stereocenters. The van der Waals surface area contributed by atoms with E-state index in [9.17, 15) is 4.79 Å². The Hall–Kier alpha value is -0.550. The number of hydrogen-bond donors (Lipinski definition) is 1. The smallest absolute Gasteiger partial charge is 0.347 e. The summed E-state index contributed by atoms with van der Waals surface area (Å²) < 4.78 is 0.916. The van der Waals surface area contributed by atoms with Crippen LogP contribution < -0.4 is 0 Å². The molecule has 0 radical (unpaired) electrons. The van der Waals surface area contributed by atoms with Crippen LogP contribution in [0.3, 0.4) is 0 Å². The molecule has 1 heterocycles. The zero-order valence-electron chi connectivity index (χ0n) is 10.1. The van der Waals surface area contributed by atoms with Gasteiger partial charge in [-0.15, -0.1) is 11.3 Å². The summed E-state index contributed by atoms with van der Waals surface area (Å²) in [7, 11) is 0. The second kappa shape index (κ2) is 5.40. The summed E-state index contributed by atoms with van der Waals surface area (Å²) in [6.45, 7) is 4.07. The molecule has 3 nitrogen and oxygen atoms in total. The van der Waals surface area contributed by atoms with E-state index >= 15 is 0 Å². The van der Waals surface area contributed by atoms with Crippen LogP contribution in [0.4, 0.5) is 0 Å². The van der Waals surface area contributed by atoms with E-state index in [2.05, 4.69) is 11.9 Å². The van der Waals surface area contributed by atoms with Crippen molar-refractivity contribution in [3.63, 3.8) is 0 Å². The van der Waals surface area contributed by atoms with Gasteiger partial charge in [-0.1, -0.05) is 18.7 Å². The summed E-state index contributed by atoms with van der Waals surface area (Å²) >= 11 is 3.08. The van der Waals surface area contributed by atoms with Gasteiger partial charge in [-0.25, -0.2) is 9.78 Å². The number of aryl methyl sites for hydroxylation is 1. The van der Waals surface area contributed by atoms with Crippen LogP contribution in [0.1, 0.15) is 48.0 Å². The Balaban J connectivity index is 1.99. The molecule has 2 rings (SSSR count). The van der Waals surface area contributed by atoms with Gasteiger partial charge in [0.1, 0.15) is 4.88 Å². The van der Waals surface area contributed by atoms with Gasteiger partial charge in [-0.05, 0) is 38.5 Å². The summed E-state index contributed by atoms with van der Waals surface area (Å²) in [5.74, 6) is -0.0106. The molecular weight excluding hydrogens is 254 g/mol. The number of thioether (sulfide) groups is 1. The normalized spacial score (nSPS) is 24.8. The number of thiazole rings is 1. The summed E-state index contributed by atoms with van der Waals surface area (Å²) in [6, 6.07) is 0. The maximum absolute atomic E-state index is 10.9. The molecule has 1 saturated carbocycles. The fourth-order valence-corrected chi connectivity index (χ4v) is 4.58. The largest absolute Gasteiger partial charge is 0.477 e. The lowest BCUT2D eigenvalue weighted by atomic mass is 9.91. The van der Waals surface area contributed by atoms with E-state index in [1.165, 1.54) is 37.0 Å². The Kier molecular flexibility index (Phi) is 4.09. The number of carboxylic acids is 1. The molecule has 0 unspecified atom stereocenters. The minimum atomic E-state index is -0.857. The Bertz CT molecular complexity index is 409. The Morgan fingerprint density at radius 1 is 1.41 bits per heavy atom. The fourth-order valence-electron chi connectivity index (χ4n) is 2.11. The number of carbonyl (C=O) groups is 1. The minimum absolute atomic E-state index is 0.386. The van der Waals surface area contributed by atoms with E-state index in [0.29, 0.717) is 15.8 Å². The predicted octanol–water partition coefficient (Wildman–Crippen LogP) is 3.82. The van der Waals surface area contributed by atoms with Crippen molar-refractivity contribution >= 4 is 29.1 Å². The van der Waals surface area contributed by atoms with Crippen LogP contribution in [-0.4, -0.2) is 21.3 Å². The molecule has 1 aliphatic carbocycles. The predicted molar refractivity (Wildman–Crippen MR) is 71.1 cm³/mol. The zero-order valence-corrected chi connectivity index (χ0v) is 11.7. The molecule has 1 aliphatic rings. The zero-order chi connectivity index (χ0) is 12.4. The molecule has 0 saturated heterocycles. The van der Waals surface area contributed by atoms with Crippen molar-refractivity contribution in [3.8, 4) is 0 Å². The summed E-state index contributed by atoms with van der Waals surface area (Å²) in [5, 5.41) is 9.60. The van der Waals surface area contributed by atoms with Gasteiger partial charge >= 0.3 is 5.97 Å². The number of nitrogens with zero attached hydrogens (tertiary/aromatic N) is 1. The average Bonchev–Trinajstić information content (AvgIpc) is 2.63. The third kappa shape index (κ3) is 3.22. The lowest BCUT2D eigenvalue weighted by molar-refractivity contribution is 0.0701. The van der Waals surface area contributed by atoms with E-state index in [0.717, 1.165) is 10.3 Å². The number of carboxylic acid groups (broad SMARTS) is 1. The first-order chi connectivity index (χ1) is 8.06. The van der Waals surface area contributed by atoms with E-state index in [-0.39, 0.29) is 0 Å². The van der Waals surface area contributed by atoms with Crippen LogP contribution in [0.15, 0.2) is 4.34 Å². The third-order valence-electron chi connectivity index (χ3n) is 3.20. The van der Waals surface area contributed by atoms with Gasteiger partial charge in [0, 0.05) is 5.25 Å². The van der Waals surface area contributed by atoms with E-state index < -0.39 is 5.97 Å². The van der Waals surface area contributed by atoms with Gasteiger partial charge < -0.3 is 5.11 Å². The van der Waals surface area contributed by atoms with E-state index in [1.54, 1.807) is 18.7 Å². The third-order valence-corrected chi connectivity index (χ3v) is 5.78. The van der Waals surface area contributed by atoms with Gasteiger partial charge in [-0.2, -0.15) is 0 Å². The van der Waals surface area contributed by atoms with E-state index in [1.807, 2.05) is 0 Å². The van der Waals surface area contributed by atoms with Crippen LogP contribution in [0.5, 0.6) is 0 Å². The maximum atomic E-state index is 10.9. The number of aromatic nitrogens is 1. The molecule has 1 fully saturated rings. The topological polar surface area (TPSA) is 50.2 Å². The molecular formula is C12H17NO2S2. The minimum Gasteiger partial charge on any atom is -0.477 e. The first kappa shape index (κ1) is 12.9. The quantitative estimate of drug-likeness (QED) is 0.908. The van der Waals surface area contributed by atoms with Gasteiger partial charge in [0.05, 0.1) is 5.69 Å². The second-order valence-electron chi connectivity index (χ2n) is 4.70. The van der Waals surface area contributed by atoms with Gasteiger partial charge in [0.25, 0.3) is 0 Å². The Morgan fingerprint density at radius 2 is 2.06 bits per heavy atom. The van der Waals surface area contributed by atoms with Crippen molar-refractivity contribution in [3.05, 3.63) is 10.6 Å². The van der Waals surface area contributed by atoms with Crippen molar-refractivity contribution < 1.29 is 9.90 Å². The van der Waals surface area contributed by atoms with Crippen LogP contribution in [-0.2, 0) is 0 Å². The highest BCUT2D eigenvalue weighted by Crippen LogP contribution is 2.38. The summed E-state index contributed by atoms with van der Waals surface area (Å²) in [5.41, 5.74) is 0.647. The number of hydrogen-bond acceptors (Lipinski definition) is 4. The highest BCUT2D eigenvalue weighted by molar-refractivity contribution is 8.01. The second-order valence-corrected chi connectivity index (χ2v) is 7.25. The van der Waals surface area contributed by atoms with Crippen LogP contribution in [0, 0.1) is 12.8 Å². The Labute approximate surface area is 110 Å². The van der Waals surface area contributed by atoms with Crippen molar-refractivity contribution in [1.29, 1.82) is 0 Å². The first-order valence-electron chi connectivity index (χ1n) is 5.93. The molecule has 0 aliphatic heterocycles. The van der Waals surface area contributed by atoms with Crippen molar-refractivity contribution in [2.75, 3.05) is 0 Å². The van der Waals surface area contributed by atoms with Crippen molar-refractivity contribution in [2.24, 2.45) is 5.92 Å². The standard InChI is InChI=1S/C12H17NO2S2/c1-7-3-5-9(6-4-7)16-12-13-8(2)10(17-12)11(14)15/h7,9H,3-6H2,1-2H3,(H,14,15). The fraction of sp³-hybridized carbons (Fsp3) is 0.667. The van der Waals surface area contributed by atoms with Crippen molar-refractivity contribution in [2.45, 2.75) is 49.1 Å². The average molecular weight is 271 g/mol. The highest BCUT2D eigenvalue weighted by Gasteiger charge is 2.22. The van der Waals surface area contributed by atoms with Crippen molar-refractivity contribution in [1.82, 2.24) is 4.98 Å². The lowest BCUT2D eigenvalue weighted by Crippen LogP contribution is -2.13. The molecule has 1 aromatic rings. The SMILES string of the molecule is Cc1nc(SC2CCC(C)CC2)sc1C(=O)O. The number of rotatable bonds is 3. The van der Waals surface area contributed by atoms with Gasteiger partial charge in [0.15, 0.2) is 4.34 Å². The Morgan fingerprint density at radius 3 is 2.59 bits per heavy atom. The molecule has 17 heavy (non-hydrogen) atoms. The molecule has 5 heteroatoms. The monoisotopic (exact) mass is 271 g/mol. The lowest BCUT2D eigenvalue weighted by Gasteiger charge is -2.24. The highest BCUT2D eigenvalue weighted by atomic mass is 32.2. The van der Waals surface area contributed by atoms with E-state index in [4.69, 9.17) is 5.11 Å². The molecule has 94 valence electrons. The maximum Gasteiger partial charge on any atom is 0.347 e.